The number of benzene rings is 1. The topological polar surface area (TPSA) is 75.2 Å². The number of H-pyrrole nitrogens is 1. The summed E-state index contributed by atoms with van der Waals surface area (Å²) in [4.78, 5) is 18.8. The summed E-state index contributed by atoms with van der Waals surface area (Å²) in [5, 5.41) is 9.93. The van der Waals surface area contributed by atoms with Crippen LogP contribution in [0.3, 0.4) is 0 Å². The number of methoxy groups -OCH3 is 1. The van der Waals surface area contributed by atoms with Crippen molar-refractivity contribution in [3.05, 3.63) is 48.0 Å². The fourth-order valence-electron chi connectivity index (χ4n) is 4.32. The molecule has 2 heterocycles. The monoisotopic (exact) mass is 382 g/mol. The van der Waals surface area contributed by atoms with Gasteiger partial charge in [0.2, 0.25) is 0 Å². The first-order valence-electron chi connectivity index (χ1n) is 9.58. The highest BCUT2D eigenvalue weighted by Gasteiger charge is 2.25. The highest BCUT2D eigenvalue weighted by atomic mass is 19.1. The second-order valence-corrected chi connectivity index (χ2v) is 7.51. The lowest BCUT2D eigenvalue weighted by molar-refractivity contribution is -0.138. The van der Waals surface area contributed by atoms with Gasteiger partial charge in [0, 0.05) is 29.3 Å². The van der Waals surface area contributed by atoms with Crippen LogP contribution in [0.1, 0.15) is 43.7 Å². The molecule has 0 aliphatic heterocycles. The molecule has 0 spiro atoms. The van der Waals surface area contributed by atoms with E-state index in [1.54, 1.807) is 19.4 Å². The minimum absolute atomic E-state index is 0.254. The van der Waals surface area contributed by atoms with Crippen LogP contribution in [0.15, 0.2) is 36.5 Å². The molecular formula is C22H23FN2O3. The zero-order valence-electron chi connectivity index (χ0n) is 15.7. The number of hydrogen-bond acceptors (Lipinski definition) is 3. The van der Waals surface area contributed by atoms with Crippen LogP contribution >= 0.6 is 0 Å². The number of nitrogens with zero attached hydrogens (tertiary/aromatic N) is 1. The largest absolute Gasteiger partial charge is 0.496 e. The van der Waals surface area contributed by atoms with E-state index in [4.69, 9.17) is 9.84 Å². The molecule has 1 saturated carbocycles. The van der Waals surface area contributed by atoms with Crippen LogP contribution in [-0.2, 0) is 4.79 Å². The van der Waals surface area contributed by atoms with Gasteiger partial charge in [0.25, 0.3) is 0 Å². The minimum atomic E-state index is -0.716. The Hall–Kier alpha value is -2.89. The Balaban J connectivity index is 1.65. The number of rotatable bonds is 5. The van der Waals surface area contributed by atoms with Gasteiger partial charge in [0.1, 0.15) is 17.2 Å². The molecule has 5 nitrogen and oxygen atoms in total. The molecule has 2 aromatic heterocycles. The molecule has 0 amide bonds. The number of carbonyl (C=O) groups is 1. The molecule has 1 fully saturated rings. The molecule has 0 unspecified atom stereocenters. The van der Waals surface area contributed by atoms with Gasteiger partial charge in [0.15, 0.2) is 0 Å². The molecule has 0 saturated heterocycles. The lowest BCUT2D eigenvalue weighted by atomic mass is 9.79. The van der Waals surface area contributed by atoms with Crippen LogP contribution in [0.4, 0.5) is 4.39 Å². The summed E-state index contributed by atoms with van der Waals surface area (Å²) in [6.45, 7) is 0. The van der Waals surface area contributed by atoms with E-state index in [0.29, 0.717) is 17.2 Å². The van der Waals surface area contributed by atoms with E-state index in [9.17, 15) is 9.18 Å². The average Bonchev–Trinajstić information content (AvgIpc) is 3.12. The summed E-state index contributed by atoms with van der Waals surface area (Å²) in [5.41, 5.74) is 3.46. The third-order valence-corrected chi connectivity index (χ3v) is 5.75. The van der Waals surface area contributed by atoms with Crippen molar-refractivity contribution in [2.75, 3.05) is 7.11 Å². The van der Waals surface area contributed by atoms with Gasteiger partial charge in [-0.15, -0.1) is 0 Å². The number of halogens is 1. The van der Waals surface area contributed by atoms with E-state index in [1.807, 2.05) is 6.07 Å². The number of carboxylic acid groups (broad SMARTS) is 1. The molecule has 0 radical (unpaired) electrons. The number of pyridine rings is 1. The van der Waals surface area contributed by atoms with Crippen LogP contribution in [0, 0.1) is 11.7 Å². The van der Waals surface area contributed by atoms with Gasteiger partial charge in [-0.1, -0.05) is 0 Å². The Bertz CT molecular complexity index is 1010. The summed E-state index contributed by atoms with van der Waals surface area (Å²) in [6.07, 6.45) is 5.73. The quantitative estimate of drug-likeness (QED) is 0.642. The van der Waals surface area contributed by atoms with Gasteiger partial charge in [-0.3, -0.25) is 4.79 Å². The summed E-state index contributed by atoms with van der Waals surface area (Å²) in [7, 11) is 1.58. The van der Waals surface area contributed by atoms with Crippen molar-refractivity contribution in [3.8, 4) is 16.9 Å². The van der Waals surface area contributed by atoms with Crippen molar-refractivity contribution in [1.29, 1.82) is 0 Å². The number of aromatic nitrogens is 2. The van der Waals surface area contributed by atoms with Crippen molar-refractivity contribution in [1.82, 2.24) is 9.97 Å². The molecule has 1 aromatic carbocycles. The molecule has 1 aliphatic carbocycles. The lowest BCUT2D eigenvalue weighted by Gasteiger charge is -2.26. The highest BCUT2D eigenvalue weighted by molar-refractivity contribution is 5.95. The molecule has 0 bridgehead atoms. The Morgan fingerprint density at radius 3 is 2.71 bits per heavy atom. The van der Waals surface area contributed by atoms with Gasteiger partial charge in [-0.2, -0.15) is 0 Å². The minimum Gasteiger partial charge on any atom is -0.496 e. The predicted octanol–water partition coefficient (Wildman–Crippen LogP) is 5.13. The Morgan fingerprint density at radius 1 is 1.21 bits per heavy atom. The normalized spacial score (nSPS) is 19.6. The van der Waals surface area contributed by atoms with Gasteiger partial charge >= 0.3 is 5.97 Å². The van der Waals surface area contributed by atoms with E-state index >= 15 is 0 Å². The third-order valence-electron chi connectivity index (χ3n) is 5.75. The first-order valence-corrected chi connectivity index (χ1v) is 9.58. The number of aromatic amines is 1. The maximum Gasteiger partial charge on any atom is 0.303 e. The standard InChI is InChI=1S/C22H23FN2O3/c1-28-20-7-6-15(23)11-17(20)16-8-9-24-22-18(16)12-19(25-22)14-4-2-13(3-5-14)10-21(26)27/h6-9,11-14H,2-5,10H2,1H3,(H,24,25)(H,26,27). The van der Waals surface area contributed by atoms with Gasteiger partial charge < -0.3 is 14.8 Å². The second-order valence-electron chi connectivity index (χ2n) is 7.51. The number of carboxylic acids is 1. The maximum atomic E-state index is 13.9. The number of nitrogens with one attached hydrogen (secondary N) is 1. The van der Waals surface area contributed by atoms with E-state index in [2.05, 4.69) is 16.0 Å². The predicted molar refractivity (Wildman–Crippen MR) is 105 cm³/mol. The molecule has 0 atom stereocenters. The summed E-state index contributed by atoms with van der Waals surface area (Å²) in [6, 6.07) is 8.48. The molecule has 6 heteroatoms. The number of ether oxygens (including phenoxy) is 1. The van der Waals surface area contributed by atoms with Gasteiger partial charge in [-0.25, -0.2) is 9.37 Å². The van der Waals surface area contributed by atoms with Crippen molar-refractivity contribution >= 4 is 17.0 Å². The molecule has 28 heavy (non-hydrogen) atoms. The molecule has 146 valence electrons. The molecule has 4 rings (SSSR count). The Kier molecular flexibility index (Phi) is 5.03. The van der Waals surface area contributed by atoms with Gasteiger partial charge in [-0.05, 0) is 73.4 Å². The molecule has 1 aliphatic rings. The second kappa shape index (κ2) is 7.62. The summed E-state index contributed by atoms with van der Waals surface area (Å²) in [5.74, 6) is 0.218. The third kappa shape index (κ3) is 3.59. The fourth-order valence-corrected chi connectivity index (χ4v) is 4.32. The van der Waals surface area contributed by atoms with Crippen LogP contribution in [0.2, 0.25) is 0 Å². The fraction of sp³-hybridized carbons (Fsp3) is 0.364. The average molecular weight is 382 g/mol. The zero-order chi connectivity index (χ0) is 19.7. The first kappa shape index (κ1) is 18.5. The summed E-state index contributed by atoms with van der Waals surface area (Å²) < 4.78 is 19.3. The van der Waals surface area contributed by atoms with E-state index in [1.165, 1.54) is 12.1 Å². The SMILES string of the molecule is COc1ccc(F)cc1-c1ccnc2[nH]c(C3CCC(CC(=O)O)CC3)cc12. The van der Waals surface area contributed by atoms with Crippen LogP contribution in [0.25, 0.3) is 22.2 Å². The zero-order valence-corrected chi connectivity index (χ0v) is 15.7. The smallest absolute Gasteiger partial charge is 0.303 e. The molecular weight excluding hydrogens is 359 g/mol. The molecule has 3 aromatic rings. The van der Waals surface area contributed by atoms with E-state index < -0.39 is 5.97 Å². The lowest BCUT2D eigenvalue weighted by Crippen LogP contribution is -2.16. The van der Waals surface area contributed by atoms with Crippen molar-refractivity contribution < 1.29 is 19.0 Å². The summed E-state index contributed by atoms with van der Waals surface area (Å²) >= 11 is 0. The number of fused-ring (bicyclic) bond motifs is 1. The van der Waals surface area contributed by atoms with Crippen LogP contribution < -0.4 is 4.74 Å². The maximum absolute atomic E-state index is 13.9. The number of hydrogen-bond donors (Lipinski definition) is 2. The first-order chi connectivity index (χ1) is 13.5. The Labute approximate surface area is 162 Å². The van der Waals surface area contributed by atoms with Gasteiger partial charge in [0.05, 0.1) is 7.11 Å². The Morgan fingerprint density at radius 2 is 2.00 bits per heavy atom. The molecule has 2 N–H and O–H groups in total. The van der Waals surface area contributed by atoms with Crippen LogP contribution in [0.5, 0.6) is 5.75 Å². The van der Waals surface area contributed by atoms with Crippen LogP contribution in [-0.4, -0.2) is 28.2 Å². The van der Waals surface area contributed by atoms with E-state index in [0.717, 1.165) is 48.0 Å². The van der Waals surface area contributed by atoms with Crippen molar-refractivity contribution in [2.45, 2.75) is 38.0 Å². The van der Waals surface area contributed by atoms with E-state index in [-0.39, 0.29) is 18.2 Å². The van der Waals surface area contributed by atoms with Crippen molar-refractivity contribution in [2.24, 2.45) is 5.92 Å². The van der Waals surface area contributed by atoms with Crippen molar-refractivity contribution in [3.63, 3.8) is 0 Å². The highest BCUT2D eigenvalue weighted by Crippen LogP contribution is 2.40. The number of aliphatic carboxylic acids is 1.